The van der Waals surface area contributed by atoms with Crippen molar-refractivity contribution >= 4 is 29.1 Å². The maximum atomic E-state index is 12.9. The van der Waals surface area contributed by atoms with E-state index in [4.69, 9.17) is 0 Å². The molecule has 0 spiro atoms. The van der Waals surface area contributed by atoms with Crippen LogP contribution in [0.1, 0.15) is 45.2 Å². The lowest BCUT2D eigenvalue weighted by Crippen LogP contribution is -2.51. The molecule has 162 valence electrons. The lowest BCUT2D eigenvalue weighted by atomic mass is 10.0. The summed E-state index contributed by atoms with van der Waals surface area (Å²) in [5.74, 6) is -1.13. The van der Waals surface area contributed by atoms with Crippen LogP contribution in [0.15, 0.2) is 42.5 Å². The summed E-state index contributed by atoms with van der Waals surface area (Å²) < 4.78 is 4.66. The molecule has 2 rings (SSSR count). The zero-order chi connectivity index (χ0) is 22.1. The molecule has 2 aromatic rings. The van der Waals surface area contributed by atoms with E-state index >= 15 is 0 Å². The third-order valence-electron chi connectivity index (χ3n) is 4.44. The number of ether oxygens (including phenoxy) is 1. The summed E-state index contributed by atoms with van der Waals surface area (Å²) in [5, 5.41) is 15.3. The molecule has 7 nitrogen and oxygen atoms in total. The second-order valence-electron chi connectivity index (χ2n) is 7.39. The molecule has 8 heteroatoms. The minimum absolute atomic E-state index is 0.164. The first-order valence-corrected chi connectivity index (χ1v) is 10.6. The van der Waals surface area contributed by atoms with Gasteiger partial charge in [0.05, 0.1) is 24.6 Å². The van der Waals surface area contributed by atoms with E-state index in [0.717, 1.165) is 16.9 Å². The van der Waals surface area contributed by atoms with Crippen molar-refractivity contribution in [2.75, 3.05) is 13.7 Å². The largest absolute Gasteiger partial charge is 0.465 e. The van der Waals surface area contributed by atoms with E-state index in [2.05, 4.69) is 15.4 Å². The maximum Gasteiger partial charge on any atom is 0.348 e. The van der Waals surface area contributed by atoms with Gasteiger partial charge in [-0.05, 0) is 36.5 Å². The van der Waals surface area contributed by atoms with Gasteiger partial charge in [0.15, 0.2) is 0 Å². The minimum atomic E-state index is -0.758. The zero-order valence-electron chi connectivity index (χ0n) is 17.4. The standard InChI is InChI=1S/C22H28N2O5S/c1-14(2)11-17(24-21(27)18-9-10-19(30-18)22(28)29-3)20(26)23-16(13-25)12-15-7-5-4-6-8-15/h4-10,14,16-17,25H,11-13H2,1-3H3,(H,23,26)(H,24,27)/t16-,17-/m0/s1. The molecule has 1 heterocycles. The number of nitrogens with one attached hydrogen (secondary N) is 2. The lowest BCUT2D eigenvalue weighted by Gasteiger charge is -2.23. The van der Waals surface area contributed by atoms with Crippen molar-refractivity contribution in [1.82, 2.24) is 10.6 Å². The molecule has 1 aromatic carbocycles. The first kappa shape index (κ1) is 23.6. The van der Waals surface area contributed by atoms with Gasteiger partial charge in [0.25, 0.3) is 5.91 Å². The molecular weight excluding hydrogens is 404 g/mol. The van der Waals surface area contributed by atoms with Gasteiger partial charge < -0.3 is 20.5 Å². The number of methoxy groups -OCH3 is 1. The van der Waals surface area contributed by atoms with Crippen LogP contribution in [0.3, 0.4) is 0 Å². The van der Waals surface area contributed by atoms with Crippen LogP contribution in [0.5, 0.6) is 0 Å². The highest BCUT2D eigenvalue weighted by Gasteiger charge is 2.25. The summed E-state index contributed by atoms with van der Waals surface area (Å²) in [6.07, 6.45) is 0.926. The van der Waals surface area contributed by atoms with E-state index in [-0.39, 0.29) is 18.4 Å². The molecule has 2 amide bonds. The fourth-order valence-corrected chi connectivity index (χ4v) is 3.79. The second-order valence-corrected chi connectivity index (χ2v) is 8.47. The Balaban J connectivity index is 2.05. The van der Waals surface area contributed by atoms with Crippen molar-refractivity contribution < 1.29 is 24.2 Å². The quantitative estimate of drug-likeness (QED) is 0.500. The smallest absolute Gasteiger partial charge is 0.348 e. The van der Waals surface area contributed by atoms with Crippen LogP contribution in [0.4, 0.5) is 0 Å². The number of carbonyl (C=O) groups is 3. The first-order chi connectivity index (χ1) is 14.3. The molecule has 0 fully saturated rings. The van der Waals surface area contributed by atoms with Gasteiger partial charge in [0.1, 0.15) is 10.9 Å². The Bertz CT molecular complexity index is 850. The monoisotopic (exact) mass is 432 g/mol. The number of carbonyl (C=O) groups excluding carboxylic acids is 3. The molecule has 1 aromatic heterocycles. The number of esters is 1. The molecule has 0 aliphatic rings. The summed E-state index contributed by atoms with van der Waals surface area (Å²) in [5.41, 5.74) is 0.996. The second kappa shape index (κ2) is 11.5. The van der Waals surface area contributed by atoms with Crippen LogP contribution >= 0.6 is 11.3 Å². The highest BCUT2D eigenvalue weighted by Crippen LogP contribution is 2.18. The first-order valence-electron chi connectivity index (χ1n) is 9.78. The topological polar surface area (TPSA) is 105 Å². The van der Waals surface area contributed by atoms with Crippen LogP contribution in [0, 0.1) is 5.92 Å². The van der Waals surface area contributed by atoms with Crippen LogP contribution < -0.4 is 10.6 Å². The third kappa shape index (κ3) is 6.96. The Morgan fingerprint density at radius 2 is 1.70 bits per heavy atom. The summed E-state index contributed by atoms with van der Waals surface area (Å²) in [6.45, 7) is 3.71. The normalized spacial score (nSPS) is 12.8. The predicted octanol–water partition coefficient (Wildman–Crippen LogP) is 2.40. The molecule has 0 saturated carbocycles. The third-order valence-corrected chi connectivity index (χ3v) is 5.50. The molecule has 3 N–H and O–H groups in total. The molecule has 0 aliphatic carbocycles. The number of benzene rings is 1. The van der Waals surface area contributed by atoms with Crippen molar-refractivity contribution in [2.45, 2.75) is 38.8 Å². The Morgan fingerprint density at radius 3 is 2.30 bits per heavy atom. The van der Waals surface area contributed by atoms with Gasteiger partial charge >= 0.3 is 5.97 Å². The van der Waals surface area contributed by atoms with Gasteiger partial charge in [-0.1, -0.05) is 44.2 Å². The average molecular weight is 433 g/mol. The molecular formula is C22H28N2O5S. The van der Waals surface area contributed by atoms with Crippen LogP contribution in [-0.2, 0) is 16.0 Å². The highest BCUT2D eigenvalue weighted by molar-refractivity contribution is 7.15. The Morgan fingerprint density at radius 1 is 1.03 bits per heavy atom. The predicted molar refractivity (Wildman–Crippen MR) is 116 cm³/mol. The number of amides is 2. The number of thiophene rings is 1. The highest BCUT2D eigenvalue weighted by atomic mass is 32.1. The number of rotatable bonds is 10. The van der Waals surface area contributed by atoms with Gasteiger partial charge in [0, 0.05) is 0 Å². The fraction of sp³-hybridized carbons (Fsp3) is 0.409. The molecule has 2 atom stereocenters. The van der Waals surface area contributed by atoms with Crippen molar-refractivity contribution in [1.29, 1.82) is 0 Å². The fourth-order valence-electron chi connectivity index (χ4n) is 2.96. The van der Waals surface area contributed by atoms with Crippen molar-refractivity contribution in [3.05, 3.63) is 57.8 Å². The van der Waals surface area contributed by atoms with E-state index < -0.39 is 24.0 Å². The Kier molecular flexibility index (Phi) is 9.01. The molecule has 0 bridgehead atoms. The SMILES string of the molecule is COC(=O)c1ccc(C(=O)N[C@@H](CC(C)C)C(=O)N[C@H](CO)Cc2ccccc2)s1. The summed E-state index contributed by atoms with van der Waals surface area (Å²) >= 11 is 1.01. The molecule has 0 saturated heterocycles. The van der Waals surface area contributed by atoms with Crippen molar-refractivity contribution in [3.8, 4) is 0 Å². The van der Waals surface area contributed by atoms with Crippen molar-refractivity contribution in [3.63, 3.8) is 0 Å². The van der Waals surface area contributed by atoms with Gasteiger partial charge in [-0.25, -0.2) is 4.79 Å². The number of aliphatic hydroxyl groups is 1. The molecule has 30 heavy (non-hydrogen) atoms. The van der Waals surface area contributed by atoms with E-state index in [1.54, 1.807) is 0 Å². The number of hydrogen-bond donors (Lipinski definition) is 3. The number of aliphatic hydroxyl groups excluding tert-OH is 1. The van der Waals surface area contributed by atoms with Crippen molar-refractivity contribution in [2.24, 2.45) is 5.92 Å². The summed E-state index contributed by atoms with van der Waals surface area (Å²) in [7, 11) is 1.28. The zero-order valence-corrected chi connectivity index (χ0v) is 18.2. The van der Waals surface area contributed by atoms with Gasteiger partial charge in [-0.2, -0.15) is 0 Å². The minimum Gasteiger partial charge on any atom is -0.465 e. The lowest BCUT2D eigenvalue weighted by molar-refractivity contribution is -0.124. The van der Waals surface area contributed by atoms with E-state index in [1.807, 2.05) is 44.2 Å². The van der Waals surface area contributed by atoms with Gasteiger partial charge in [0.2, 0.25) is 5.91 Å². The summed E-state index contributed by atoms with van der Waals surface area (Å²) in [4.78, 5) is 37.7. The maximum absolute atomic E-state index is 12.9. The average Bonchev–Trinajstić information content (AvgIpc) is 3.23. The molecule has 0 unspecified atom stereocenters. The van der Waals surface area contributed by atoms with E-state index in [9.17, 15) is 19.5 Å². The Labute approximate surface area is 180 Å². The summed E-state index contributed by atoms with van der Waals surface area (Å²) in [6, 6.07) is 11.4. The van der Waals surface area contributed by atoms with Crippen LogP contribution in [0.2, 0.25) is 0 Å². The number of hydrogen-bond acceptors (Lipinski definition) is 6. The van der Waals surface area contributed by atoms with Gasteiger partial charge in [-0.15, -0.1) is 11.3 Å². The molecule has 0 radical (unpaired) electrons. The van der Waals surface area contributed by atoms with Crippen LogP contribution in [0.25, 0.3) is 0 Å². The van der Waals surface area contributed by atoms with Gasteiger partial charge in [-0.3, -0.25) is 9.59 Å². The Hall–Kier alpha value is -2.71. The van der Waals surface area contributed by atoms with E-state index in [0.29, 0.717) is 22.6 Å². The molecule has 0 aliphatic heterocycles. The van der Waals surface area contributed by atoms with Crippen LogP contribution in [-0.4, -0.2) is 48.7 Å². The van der Waals surface area contributed by atoms with E-state index in [1.165, 1.54) is 19.2 Å².